The molecule has 0 fully saturated rings. The van der Waals surface area contributed by atoms with Gasteiger partial charge < -0.3 is 24.8 Å². The van der Waals surface area contributed by atoms with Crippen molar-refractivity contribution in [1.29, 1.82) is 0 Å². The first-order valence-corrected chi connectivity index (χ1v) is 7.85. The number of hydrogen-bond acceptors (Lipinski definition) is 1. The van der Waals surface area contributed by atoms with Gasteiger partial charge in [0.1, 0.15) is 0 Å². The topological polar surface area (TPSA) is 12.9 Å². The number of pyridine rings is 1. The van der Waals surface area contributed by atoms with E-state index in [-0.39, 0.29) is 29.1 Å². The van der Waals surface area contributed by atoms with Crippen LogP contribution in [0.25, 0.3) is 0 Å². The molecular weight excluding hydrogens is 365 g/mol. The predicted molar refractivity (Wildman–Crippen MR) is 82.6 cm³/mol. The van der Waals surface area contributed by atoms with E-state index >= 15 is 0 Å². The third-order valence-electron chi connectivity index (χ3n) is 4.08. The summed E-state index contributed by atoms with van der Waals surface area (Å²) in [5.41, 5.74) is 5.31. The first kappa shape index (κ1) is 20.0. The van der Waals surface area contributed by atoms with Gasteiger partial charge in [-0.25, -0.2) is 0 Å². The number of hydrogen-bond donors (Lipinski definition) is 0. The Bertz CT molecular complexity index is 683. The van der Waals surface area contributed by atoms with Crippen molar-refractivity contribution >= 4 is 0 Å². The fraction of sp³-hybridized carbons (Fsp3) is 0.211. The largest absolute Gasteiger partial charge is 1.00 e. The van der Waals surface area contributed by atoms with Gasteiger partial charge in [0.05, 0.1) is 0 Å². The van der Waals surface area contributed by atoms with Crippen LogP contribution in [0.3, 0.4) is 0 Å². The predicted octanol–water partition coefficient (Wildman–Crippen LogP) is -1.53. The van der Waals surface area contributed by atoms with Crippen molar-refractivity contribution in [2.45, 2.75) is 24.0 Å². The number of halogens is 2. The molecule has 0 amide bonds. The second-order valence-corrected chi connectivity index (χ2v) is 6.67. The van der Waals surface area contributed by atoms with Crippen molar-refractivity contribution in [3.8, 4) is 0 Å². The molecule has 1 aromatic heterocycles. The maximum absolute atomic E-state index is 4.45. The van der Waals surface area contributed by atoms with Crippen molar-refractivity contribution in [2.75, 3.05) is 0 Å². The fourth-order valence-corrected chi connectivity index (χ4v) is 3.27. The summed E-state index contributed by atoms with van der Waals surface area (Å²) in [7, 11) is 0. The Kier molecular flexibility index (Phi) is 7.58. The van der Waals surface area contributed by atoms with Crippen molar-refractivity contribution < 1.29 is 41.1 Å². The number of rotatable bonds is 4. The minimum Gasteiger partial charge on any atom is -1.00 e. The first-order chi connectivity index (χ1) is 10.2. The van der Waals surface area contributed by atoms with E-state index < -0.39 is 0 Å². The van der Waals surface area contributed by atoms with E-state index in [0.717, 1.165) is 18.5 Å². The van der Waals surface area contributed by atoms with E-state index in [0.29, 0.717) is 0 Å². The van der Waals surface area contributed by atoms with Crippen molar-refractivity contribution in [1.82, 2.24) is 4.98 Å². The normalized spacial score (nSPS) is 19.1. The molecule has 1 aliphatic carbocycles. The third kappa shape index (κ3) is 4.72. The van der Waals surface area contributed by atoms with Gasteiger partial charge in [-0.05, 0) is 0 Å². The molecule has 0 radical (unpaired) electrons. The SMILES string of the molecule is CC1=C(Cc2ccccc2)C=C[C]1([Cr+2])Cc1ccccn1.[Cl-].[Cl-]. The molecule has 4 heteroatoms. The van der Waals surface area contributed by atoms with Gasteiger partial charge in [-0.15, -0.1) is 0 Å². The van der Waals surface area contributed by atoms with Crippen LogP contribution in [-0.2, 0) is 29.1 Å². The molecule has 1 unspecified atom stereocenters. The smallest absolute Gasteiger partial charge is 1.00 e. The average Bonchev–Trinajstić information content (AvgIpc) is 2.78. The second-order valence-electron chi connectivity index (χ2n) is 5.53. The summed E-state index contributed by atoms with van der Waals surface area (Å²) >= 11 is 3.38. The first-order valence-electron chi connectivity index (χ1n) is 7.21. The van der Waals surface area contributed by atoms with E-state index in [4.69, 9.17) is 0 Å². The summed E-state index contributed by atoms with van der Waals surface area (Å²) in [6.07, 6.45) is 8.32. The van der Waals surface area contributed by atoms with Crippen LogP contribution in [-0.4, -0.2) is 4.98 Å². The van der Waals surface area contributed by atoms with Gasteiger partial charge in [0.15, 0.2) is 0 Å². The molecule has 0 saturated heterocycles. The van der Waals surface area contributed by atoms with E-state index in [9.17, 15) is 0 Å². The Morgan fingerprint density at radius 1 is 1.00 bits per heavy atom. The van der Waals surface area contributed by atoms with E-state index in [2.05, 4.69) is 76.7 Å². The zero-order valence-corrected chi connectivity index (χ0v) is 15.7. The molecule has 2 aromatic rings. The van der Waals surface area contributed by atoms with E-state index in [1.165, 1.54) is 16.7 Å². The Morgan fingerprint density at radius 3 is 2.35 bits per heavy atom. The van der Waals surface area contributed by atoms with Crippen LogP contribution in [0.5, 0.6) is 0 Å². The Balaban J connectivity index is 0.00000132. The summed E-state index contributed by atoms with van der Waals surface area (Å²) in [4.78, 5) is 4.45. The zero-order chi connectivity index (χ0) is 14.7. The van der Waals surface area contributed by atoms with Crippen LogP contribution in [0.15, 0.2) is 78.0 Å². The summed E-state index contributed by atoms with van der Waals surface area (Å²) in [5, 5.41) is 0. The van der Waals surface area contributed by atoms with Gasteiger partial charge in [-0.2, -0.15) is 0 Å². The van der Waals surface area contributed by atoms with E-state index in [1.807, 2.05) is 18.3 Å². The van der Waals surface area contributed by atoms with E-state index in [1.54, 1.807) is 0 Å². The maximum Gasteiger partial charge on any atom is -1.00 e. The van der Waals surface area contributed by atoms with Gasteiger partial charge in [0, 0.05) is 0 Å². The van der Waals surface area contributed by atoms with Crippen LogP contribution >= 0.6 is 0 Å². The Labute approximate surface area is 159 Å². The molecule has 0 spiro atoms. The minimum atomic E-state index is -0.0293. The van der Waals surface area contributed by atoms with Crippen LogP contribution in [0.1, 0.15) is 18.2 Å². The second kappa shape index (κ2) is 8.71. The molecule has 0 N–H and O–H groups in total. The number of benzene rings is 1. The molecule has 1 nitrogen and oxygen atoms in total. The summed E-state index contributed by atoms with van der Waals surface area (Å²) in [5.74, 6) is 0. The quantitative estimate of drug-likeness (QED) is 0.625. The number of nitrogens with zero attached hydrogens (tertiary/aromatic N) is 1. The minimum absolute atomic E-state index is 0. The molecule has 119 valence electrons. The molecule has 1 aromatic carbocycles. The maximum atomic E-state index is 4.45. The Morgan fingerprint density at radius 2 is 1.70 bits per heavy atom. The number of aromatic nitrogens is 1. The van der Waals surface area contributed by atoms with Crippen LogP contribution in [0.4, 0.5) is 0 Å². The van der Waals surface area contributed by atoms with Gasteiger partial charge >= 0.3 is 135 Å². The molecule has 23 heavy (non-hydrogen) atoms. The molecule has 1 aliphatic rings. The van der Waals surface area contributed by atoms with Gasteiger partial charge in [-0.3, -0.25) is 0 Å². The standard InChI is InChI=1S/C19H18N.2ClH.Cr/c1-15-17(13-16-7-3-2-4-8-16)10-11-18(15)14-19-9-5-6-12-20-19;;;/h2-12H,13-14H2,1H3;2*1H;/q;;;+2/p-2. The van der Waals surface area contributed by atoms with Gasteiger partial charge in [0.25, 0.3) is 0 Å². The van der Waals surface area contributed by atoms with Crippen LogP contribution in [0, 0.1) is 0 Å². The molecular formula is C19H18Cl2CrN. The summed E-state index contributed by atoms with van der Waals surface area (Å²) in [6.45, 7) is 2.23. The van der Waals surface area contributed by atoms with Crippen molar-refractivity contribution in [3.63, 3.8) is 0 Å². The molecule has 1 heterocycles. The van der Waals surface area contributed by atoms with Gasteiger partial charge in [0.2, 0.25) is 0 Å². The molecule has 0 aliphatic heterocycles. The molecule has 0 saturated carbocycles. The summed E-state index contributed by atoms with van der Waals surface area (Å²) < 4.78 is -0.0293. The average molecular weight is 383 g/mol. The monoisotopic (exact) mass is 382 g/mol. The Hall–Kier alpha value is -1.04. The fourth-order valence-electron chi connectivity index (χ4n) is 2.73. The molecule has 3 rings (SSSR count). The van der Waals surface area contributed by atoms with Crippen molar-refractivity contribution in [3.05, 3.63) is 89.3 Å². The third-order valence-corrected chi connectivity index (χ3v) is 4.99. The van der Waals surface area contributed by atoms with Crippen LogP contribution in [0.2, 0.25) is 4.28 Å². The molecule has 0 bridgehead atoms. The van der Waals surface area contributed by atoms with Crippen molar-refractivity contribution in [2.24, 2.45) is 0 Å². The molecule has 1 atom stereocenters. The number of allylic oxidation sites excluding steroid dienone is 4. The van der Waals surface area contributed by atoms with Gasteiger partial charge in [-0.1, -0.05) is 0 Å². The summed E-state index contributed by atoms with van der Waals surface area (Å²) in [6, 6.07) is 16.7. The zero-order valence-electron chi connectivity index (χ0n) is 12.9. The van der Waals surface area contributed by atoms with Crippen LogP contribution < -0.4 is 24.8 Å².